The Morgan fingerprint density at radius 2 is 2.29 bits per heavy atom. The Morgan fingerprint density at radius 1 is 1.41 bits per heavy atom. The van der Waals surface area contributed by atoms with Crippen molar-refractivity contribution in [3.8, 4) is 5.75 Å². The number of nitrogen functional groups attached to an aromatic ring is 1. The van der Waals surface area contributed by atoms with Gasteiger partial charge in [0.15, 0.2) is 0 Å². The van der Waals surface area contributed by atoms with Crippen LogP contribution in [0.4, 0.5) is 5.69 Å². The van der Waals surface area contributed by atoms with Crippen LogP contribution >= 0.6 is 0 Å². The third-order valence-corrected chi connectivity index (χ3v) is 3.04. The molecule has 0 radical (unpaired) electrons. The Balaban J connectivity index is 1.68. The third-order valence-electron chi connectivity index (χ3n) is 3.04. The van der Waals surface area contributed by atoms with Gasteiger partial charge in [-0.3, -0.25) is 0 Å². The van der Waals surface area contributed by atoms with Crippen LogP contribution < -0.4 is 10.5 Å². The number of rotatable bonds is 5. The Kier molecular flexibility index (Phi) is 3.91. The van der Waals surface area contributed by atoms with E-state index in [1.807, 2.05) is 24.3 Å². The zero-order chi connectivity index (χ0) is 12.1. The fourth-order valence-corrected chi connectivity index (χ4v) is 2.11. The van der Waals surface area contributed by atoms with Crippen molar-refractivity contribution in [2.24, 2.45) is 0 Å². The highest BCUT2D eigenvalue weighted by atomic mass is 16.5. The van der Waals surface area contributed by atoms with Crippen LogP contribution in [0, 0.1) is 0 Å². The molecule has 1 heterocycles. The fraction of sp³-hybridized carbons (Fsp3) is 0.429. The molecule has 92 valence electrons. The van der Waals surface area contributed by atoms with Crippen LogP contribution in [0.1, 0.15) is 19.3 Å². The van der Waals surface area contributed by atoms with Gasteiger partial charge in [-0.1, -0.05) is 12.6 Å². The van der Waals surface area contributed by atoms with Gasteiger partial charge >= 0.3 is 0 Å². The molecule has 17 heavy (non-hydrogen) atoms. The Morgan fingerprint density at radius 3 is 3.00 bits per heavy atom. The van der Waals surface area contributed by atoms with Crippen molar-refractivity contribution in [3.05, 3.63) is 36.5 Å². The first kappa shape index (κ1) is 11.8. The summed E-state index contributed by atoms with van der Waals surface area (Å²) in [7, 11) is 0. The minimum Gasteiger partial charge on any atom is -0.493 e. The van der Waals surface area contributed by atoms with Crippen molar-refractivity contribution in [2.45, 2.75) is 19.3 Å². The van der Waals surface area contributed by atoms with E-state index in [1.54, 1.807) is 0 Å². The van der Waals surface area contributed by atoms with Crippen LogP contribution in [0.2, 0.25) is 0 Å². The number of hydrogen-bond donors (Lipinski definition) is 1. The number of nitrogens with two attached hydrogens (primary N) is 1. The van der Waals surface area contributed by atoms with Gasteiger partial charge in [-0.15, -0.1) is 0 Å². The van der Waals surface area contributed by atoms with Crippen molar-refractivity contribution in [1.82, 2.24) is 4.90 Å². The number of anilines is 1. The highest BCUT2D eigenvalue weighted by Gasteiger charge is 2.13. The predicted molar refractivity (Wildman–Crippen MR) is 70.9 cm³/mol. The van der Waals surface area contributed by atoms with E-state index in [4.69, 9.17) is 10.5 Å². The van der Waals surface area contributed by atoms with Crippen LogP contribution in [0.25, 0.3) is 0 Å². The summed E-state index contributed by atoms with van der Waals surface area (Å²) in [6.45, 7) is 6.97. The molecule has 1 aliphatic rings. The maximum absolute atomic E-state index is 5.68. The quantitative estimate of drug-likeness (QED) is 0.626. The number of hydrogen-bond acceptors (Lipinski definition) is 3. The molecule has 2 N–H and O–H groups in total. The summed E-state index contributed by atoms with van der Waals surface area (Å²) < 4.78 is 5.65. The van der Waals surface area contributed by atoms with Crippen LogP contribution in [0.5, 0.6) is 5.75 Å². The SMILES string of the molecule is C=C1CCCN1CCCOc1cccc(N)c1. The van der Waals surface area contributed by atoms with E-state index in [-0.39, 0.29) is 0 Å². The largest absolute Gasteiger partial charge is 0.493 e. The van der Waals surface area contributed by atoms with Gasteiger partial charge in [0.25, 0.3) is 0 Å². The molecule has 0 aromatic heterocycles. The lowest BCUT2D eigenvalue weighted by Crippen LogP contribution is -2.20. The number of nitrogens with zero attached hydrogens (tertiary/aromatic N) is 1. The number of ether oxygens (including phenoxy) is 1. The van der Waals surface area contributed by atoms with Crippen molar-refractivity contribution < 1.29 is 4.74 Å². The van der Waals surface area contributed by atoms with Crippen LogP contribution in [-0.4, -0.2) is 24.6 Å². The molecule has 0 saturated carbocycles. The minimum atomic E-state index is 0.729. The number of likely N-dealkylation sites (tertiary alicyclic amines) is 1. The molecule has 1 fully saturated rings. The molecule has 0 spiro atoms. The molecule has 0 atom stereocenters. The highest BCUT2D eigenvalue weighted by molar-refractivity contribution is 5.43. The zero-order valence-corrected chi connectivity index (χ0v) is 10.2. The van der Waals surface area contributed by atoms with Crippen LogP contribution in [-0.2, 0) is 0 Å². The molecule has 0 unspecified atom stereocenters. The average Bonchev–Trinajstić information content (AvgIpc) is 2.71. The van der Waals surface area contributed by atoms with E-state index in [9.17, 15) is 0 Å². The first-order chi connectivity index (χ1) is 8.25. The zero-order valence-electron chi connectivity index (χ0n) is 10.2. The third kappa shape index (κ3) is 3.41. The van der Waals surface area contributed by atoms with Crippen molar-refractivity contribution >= 4 is 5.69 Å². The summed E-state index contributed by atoms with van der Waals surface area (Å²) in [4.78, 5) is 2.35. The van der Waals surface area contributed by atoms with Crippen molar-refractivity contribution in [3.63, 3.8) is 0 Å². The second kappa shape index (κ2) is 5.62. The molecule has 3 heteroatoms. The second-order valence-electron chi connectivity index (χ2n) is 4.43. The summed E-state index contributed by atoms with van der Waals surface area (Å²) in [5, 5.41) is 0. The maximum Gasteiger partial charge on any atom is 0.121 e. The molecule has 0 amide bonds. The lowest BCUT2D eigenvalue weighted by molar-refractivity contribution is 0.279. The maximum atomic E-state index is 5.68. The van der Waals surface area contributed by atoms with Gasteiger partial charge in [-0.2, -0.15) is 0 Å². The van der Waals surface area contributed by atoms with E-state index >= 15 is 0 Å². The Bertz CT molecular complexity index is 390. The molecule has 2 rings (SSSR count). The molecule has 1 aromatic carbocycles. The lowest BCUT2D eigenvalue weighted by Gasteiger charge is -2.18. The normalized spacial score (nSPS) is 15.3. The summed E-state index contributed by atoms with van der Waals surface area (Å²) in [6, 6.07) is 7.56. The van der Waals surface area contributed by atoms with Crippen LogP contribution in [0.3, 0.4) is 0 Å². The van der Waals surface area contributed by atoms with E-state index in [1.165, 1.54) is 12.1 Å². The Hall–Kier alpha value is -1.64. The van der Waals surface area contributed by atoms with E-state index in [2.05, 4.69) is 11.5 Å². The molecule has 3 nitrogen and oxygen atoms in total. The van der Waals surface area contributed by atoms with Gasteiger partial charge in [-0.05, 0) is 31.4 Å². The standard InChI is InChI=1S/C14H20N2O/c1-12-5-3-8-16(12)9-4-10-17-14-7-2-6-13(15)11-14/h2,6-7,11H,1,3-5,8-10,15H2. The molecular formula is C14H20N2O. The summed E-state index contributed by atoms with van der Waals surface area (Å²) in [5.41, 5.74) is 7.70. The van der Waals surface area contributed by atoms with Gasteiger partial charge in [0.2, 0.25) is 0 Å². The molecule has 1 aromatic rings. The van der Waals surface area contributed by atoms with E-state index in [0.717, 1.165) is 44.0 Å². The monoisotopic (exact) mass is 232 g/mol. The summed E-state index contributed by atoms with van der Waals surface area (Å²) in [6.07, 6.45) is 3.42. The van der Waals surface area contributed by atoms with Gasteiger partial charge < -0.3 is 15.4 Å². The Labute approximate surface area is 103 Å². The molecule has 1 saturated heterocycles. The first-order valence-electron chi connectivity index (χ1n) is 6.17. The van der Waals surface area contributed by atoms with Crippen molar-refractivity contribution in [1.29, 1.82) is 0 Å². The van der Waals surface area contributed by atoms with Crippen molar-refractivity contribution in [2.75, 3.05) is 25.4 Å². The predicted octanol–water partition coefficient (Wildman–Crippen LogP) is 2.65. The average molecular weight is 232 g/mol. The summed E-state index contributed by atoms with van der Waals surface area (Å²) >= 11 is 0. The van der Waals surface area contributed by atoms with Gasteiger partial charge in [-0.25, -0.2) is 0 Å². The number of benzene rings is 1. The molecule has 1 aliphatic heterocycles. The first-order valence-corrected chi connectivity index (χ1v) is 6.17. The minimum absolute atomic E-state index is 0.729. The molecule has 0 bridgehead atoms. The molecule has 0 aliphatic carbocycles. The highest BCUT2D eigenvalue weighted by Crippen LogP contribution is 2.19. The van der Waals surface area contributed by atoms with Gasteiger partial charge in [0, 0.05) is 30.5 Å². The second-order valence-corrected chi connectivity index (χ2v) is 4.43. The van der Waals surface area contributed by atoms with E-state index < -0.39 is 0 Å². The van der Waals surface area contributed by atoms with E-state index in [0.29, 0.717) is 0 Å². The fourth-order valence-electron chi connectivity index (χ4n) is 2.11. The smallest absolute Gasteiger partial charge is 0.121 e. The number of allylic oxidation sites excluding steroid dienone is 1. The lowest BCUT2D eigenvalue weighted by atomic mass is 10.3. The van der Waals surface area contributed by atoms with Crippen LogP contribution in [0.15, 0.2) is 36.5 Å². The van der Waals surface area contributed by atoms with Gasteiger partial charge in [0.1, 0.15) is 5.75 Å². The topological polar surface area (TPSA) is 38.5 Å². The van der Waals surface area contributed by atoms with Gasteiger partial charge in [0.05, 0.1) is 6.61 Å². The molecular weight excluding hydrogens is 212 g/mol. The summed E-state index contributed by atoms with van der Waals surface area (Å²) in [5.74, 6) is 0.852.